The van der Waals surface area contributed by atoms with Gasteiger partial charge < -0.3 is 4.43 Å². The average Bonchev–Trinajstić information content (AvgIpc) is 3.19. The molecule has 0 N–H and O–H groups in total. The lowest BCUT2D eigenvalue weighted by atomic mass is 9.96. The first kappa shape index (κ1) is 22.4. The van der Waals surface area contributed by atoms with Crippen molar-refractivity contribution in [3.63, 3.8) is 0 Å². The van der Waals surface area contributed by atoms with Crippen LogP contribution >= 0.6 is 27.3 Å². The fourth-order valence-corrected chi connectivity index (χ4v) is 9.96. The molecule has 3 rings (SSSR count). The molecule has 0 aliphatic rings. The zero-order chi connectivity index (χ0) is 21.1. The normalized spacial score (nSPS) is 12.9. The predicted molar refractivity (Wildman–Crippen MR) is 131 cm³/mol. The highest BCUT2D eigenvalue weighted by Gasteiger charge is 2.51. The molecule has 2 aromatic carbocycles. The van der Waals surface area contributed by atoms with Gasteiger partial charge in [0.25, 0.3) is 8.32 Å². The lowest BCUT2D eigenvalue weighted by Crippen LogP contribution is -2.67. The van der Waals surface area contributed by atoms with Gasteiger partial charge in [-0.1, -0.05) is 111 Å². The summed E-state index contributed by atoms with van der Waals surface area (Å²) < 4.78 is 7.12. The van der Waals surface area contributed by atoms with E-state index in [1.807, 2.05) is 0 Å². The molecule has 29 heavy (non-hydrogen) atoms. The van der Waals surface area contributed by atoms with Crippen LogP contribution in [0.4, 0.5) is 0 Å². The number of hydrogen-bond acceptors (Lipinski definition) is 3. The van der Waals surface area contributed by atoms with E-state index in [4.69, 9.17) is 9.41 Å². The van der Waals surface area contributed by atoms with Crippen molar-refractivity contribution in [1.82, 2.24) is 4.98 Å². The van der Waals surface area contributed by atoms with Gasteiger partial charge in [-0.25, -0.2) is 4.98 Å². The number of nitrogens with zero attached hydrogens (tertiary/aromatic N) is 1. The lowest BCUT2D eigenvalue weighted by Gasteiger charge is -2.44. The van der Waals surface area contributed by atoms with E-state index in [1.54, 1.807) is 11.3 Å². The number of hydrogen-bond donors (Lipinski definition) is 0. The SMILES string of the molecule is CC(C)(CO[Si](c1ccccc1)(c1ccccc1)C(C)(C)C)c1nc(CBr)cs1. The molecule has 0 unspecified atom stereocenters. The Labute approximate surface area is 188 Å². The van der Waals surface area contributed by atoms with Crippen LogP contribution in [-0.4, -0.2) is 19.9 Å². The van der Waals surface area contributed by atoms with Crippen molar-refractivity contribution >= 4 is 46.0 Å². The molecule has 0 atom stereocenters. The van der Waals surface area contributed by atoms with Crippen molar-refractivity contribution in [3.05, 3.63) is 76.7 Å². The molecule has 0 saturated carbocycles. The first-order chi connectivity index (χ1) is 13.7. The minimum absolute atomic E-state index is 0.0182. The van der Waals surface area contributed by atoms with Gasteiger partial charge in [0.2, 0.25) is 0 Å². The van der Waals surface area contributed by atoms with Gasteiger partial charge in [0.1, 0.15) is 5.01 Å². The maximum Gasteiger partial charge on any atom is 0.261 e. The van der Waals surface area contributed by atoms with Crippen LogP contribution in [0.2, 0.25) is 5.04 Å². The van der Waals surface area contributed by atoms with Crippen LogP contribution < -0.4 is 10.4 Å². The van der Waals surface area contributed by atoms with Gasteiger partial charge in [-0.15, -0.1) is 11.3 Å². The Morgan fingerprint density at radius 3 is 1.83 bits per heavy atom. The van der Waals surface area contributed by atoms with Crippen LogP contribution in [-0.2, 0) is 15.2 Å². The van der Waals surface area contributed by atoms with E-state index in [2.05, 4.69) is 117 Å². The van der Waals surface area contributed by atoms with E-state index in [-0.39, 0.29) is 10.5 Å². The molecule has 1 aromatic heterocycles. The lowest BCUT2D eigenvalue weighted by molar-refractivity contribution is 0.226. The third-order valence-corrected chi connectivity index (χ3v) is 12.1. The van der Waals surface area contributed by atoms with E-state index in [9.17, 15) is 0 Å². The number of benzene rings is 2. The Morgan fingerprint density at radius 2 is 1.41 bits per heavy atom. The minimum Gasteiger partial charge on any atom is -0.406 e. The minimum atomic E-state index is -2.53. The van der Waals surface area contributed by atoms with E-state index in [0.29, 0.717) is 6.61 Å². The van der Waals surface area contributed by atoms with Gasteiger partial charge in [-0.3, -0.25) is 0 Å². The number of halogens is 1. The molecule has 0 aliphatic heterocycles. The molecule has 5 heteroatoms. The maximum absolute atomic E-state index is 7.12. The molecule has 154 valence electrons. The van der Waals surface area contributed by atoms with Crippen molar-refractivity contribution in [2.75, 3.05) is 6.61 Å². The zero-order valence-electron chi connectivity index (χ0n) is 17.9. The second kappa shape index (κ2) is 8.84. The first-order valence-electron chi connectivity index (χ1n) is 9.96. The van der Waals surface area contributed by atoms with Crippen LogP contribution in [0.5, 0.6) is 0 Å². The maximum atomic E-state index is 7.12. The van der Waals surface area contributed by atoms with Crippen LogP contribution in [0, 0.1) is 0 Å². The molecule has 0 fully saturated rings. The number of thiazole rings is 1. The van der Waals surface area contributed by atoms with Gasteiger partial charge in [-0.05, 0) is 15.4 Å². The van der Waals surface area contributed by atoms with Gasteiger partial charge in [0.15, 0.2) is 0 Å². The van der Waals surface area contributed by atoms with Crippen LogP contribution in [0.25, 0.3) is 0 Å². The van der Waals surface area contributed by atoms with E-state index >= 15 is 0 Å². The summed E-state index contributed by atoms with van der Waals surface area (Å²) >= 11 is 5.24. The molecular weight excluding hydrogens is 458 g/mol. The summed E-state index contributed by atoms with van der Waals surface area (Å²) in [6, 6.07) is 21.6. The number of alkyl halides is 1. The van der Waals surface area contributed by atoms with Crippen molar-refractivity contribution in [1.29, 1.82) is 0 Å². The fraction of sp³-hybridized carbons (Fsp3) is 0.375. The van der Waals surface area contributed by atoms with Crippen LogP contribution in [0.15, 0.2) is 66.0 Å². The van der Waals surface area contributed by atoms with Gasteiger partial charge in [-0.2, -0.15) is 0 Å². The highest BCUT2D eigenvalue weighted by atomic mass is 79.9. The predicted octanol–water partition coefficient (Wildman–Crippen LogP) is 5.89. The van der Waals surface area contributed by atoms with Crippen molar-refractivity contribution < 1.29 is 4.43 Å². The first-order valence-corrected chi connectivity index (χ1v) is 13.9. The van der Waals surface area contributed by atoms with Crippen molar-refractivity contribution in [3.8, 4) is 0 Å². The summed E-state index contributed by atoms with van der Waals surface area (Å²) in [5.74, 6) is 0. The fourth-order valence-electron chi connectivity index (χ4n) is 3.79. The summed E-state index contributed by atoms with van der Waals surface area (Å²) in [5.41, 5.74) is 0.932. The molecule has 3 aromatic rings. The zero-order valence-corrected chi connectivity index (χ0v) is 21.3. The quantitative estimate of drug-likeness (QED) is 0.306. The summed E-state index contributed by atoms with van der Waals surface area (Å²) in [7, 11) is -2.53. The Morgan fingerprint density at radius 1 is 0.897 bits per heavy atom. The number of aromatic nitrogens is 1. The van der Waals surface area contributed by atoms with Crippen molar-refractivity contribution in [2.45, 2.75) is 50.4 Å². The summed E-state index contributed by atoms with van der Waals surface area (Å²) in [6.07, 6.45) is 0. The Balaban J connectivity index is 2.06. The molecule has 2 nitrogen and oxygen atoms in total. The van der Waals surface area contributed by atoms with E-state index in [1.165, 1.54) is 10.4 Å². The van der Waals surface area contributed by atoms with E-state index in [0.717, 1.165) is 16.0 Å². The third kappa shape index (κ3) is 4.58. The van der Waals surface area contributed by atoms with E-state index < -0.39 is 8.32 Å². The standard InChI is InChI=1S/C24H30BrNOSSi/c1-23(2,3)29(20-12-8-6-9-13-20,21-14-10-7-11-15-21)27-18-24(4,5)22-26-19(16-25)17-28-22/h6-15,17H,16,18H2,1-5H3. The molecule has 0 spiro atoms. The van der Waals surface area contributed by atoms with Crippen molar-refractivity contribution in [2.24, 2.45) is 0 Å². The topological polar surface area (TPSA) is 22.1 Å². The average molecular weight is 489 g/mol. The Kier molecular flexibility index (Phi) is 6.83. The summed E-state index contributed by atoms with van der Waals surface area (Å²) in [4.78, 5) is 4.82. The summed E-state index contributed by atoms with van der Waals surface area (Å²) in [6.45, 7) is 12.1. The smallest absolute Gasteiger partial charge is 0.261 e. The second-order valence-corrected chi connectivity index (χ2v) is 14.8. The number of rotatable bonds is 7. The highest BCUT2D eigenvalue weighted by Crippen LogP contribution is 2.38. The van der Waals surface area contributed by atoms with Gasteiger partial charge in [0, 0.05) is 22.7 Å². The monoisotopic (exact) mass is 487 g/mol. The Bertz CT molecular complexity index is 879. The molecular formula is C24H30BrNOSSi. The molecule has 0 bridgehead atoms. The third-order valence-electron chi connectivity index (χ3n) is 5.33. The molecule has 0 radical (unpaired) electrons. The molecule has 0 saturated heterocycles. The van der Waals surface area contributed by atoms with Gasteiger partial charge in [0.05, 0.1) is 5.69 Å². The summed E-state index contributed by atoms with van der Waals surface area (Å²) in [5, 5.41) is 6.66. The van der Waals surface area contributed by atoms with Crippen LogP contribution in [0.3, 0.4) is 0 Å². The molecule has 1 heterocycles. The Hall–Kier alpha value is -1.27. The molecule has 0 amide bonds. The molecule has 0 aliphatic carbocycles. The highest BCUT2D eigenvalue weighted by molar-refractivity contribution is 9.08. The van der Waals surface area contributed by atoms with Gasteiger partial charge >= 0.3 is 0 Å². The largest absolute Gasteiger partial charge is 0.406 e. The second-order valence-electron chi connectivity index (χ2n) is 9.11. The van der Waals surface area contributed by atoms with Crippen LogP contribution in [0.1, 0.15) is 45.3 Å².